The van der Waals surface area contributed by atoms with Gasteiger partial charge in [0.25, 0.3) is 0 Å². The lowest BCUT2D eigenvalue weighted by Gasteiger charge is -2.07. The van der Waals surface area contributed by atoms with Crippen LogP contribution in [-0.4, -0.2) is 28.9 Å². The molecule has 2 rings (SSSR count). The number of hydrogen-bond donors (Lipinski definition) is 0. The highest BCUT2D eigenvalue weighted by atomic mass is 32.1. The normalized spacial score (nSPS) is 18.2. The molecule has 0 amide bonds. The highest BCUT2D eigenvalue weighted by Gasteiger charge is 2.23. The van der Waals surface area contributed by atoms with Gasteiger partial charge >= 0.3 is 0 Å². The predicted molar refractivity (Wildman–Crippen MR) is 60.1 cm³/mol. The van der Waals surface area contributed by atoms with E-state index in [4.69, 9.17) is 9.47 Å². The number of ether oxygens (including phenoxy) is 2. The number of aryl methyl sites for hydroxylation is 1. The molecule has 0 radical (unpaired) electrons. The van der Waals surface area contributed by atoms with Crippen molar-refractivity contribution >= 4 is 38.0 Å². The molecule has 0 aromatic carbocycles. The zero-order chi connectivity index (χ0) is 9.42. The van der Waals surface area contributed by atoms with Crippen LogP contribution in [0.5, 0.6) is 0 Å². The first kappa shape index (κ1) is 9.31. The van der Waals surface area contributed by atoms with Crippen LogP contribution in [0.2, 0.25) is 0 Å². The fourth-order valence-corrected chi connectivity index (χ4v) is 2.68. The molecule has 0 unspecified atom stereocenters. The summed E-state index contributed by atoms with van der Waals surface area (Å²) < 4.78 is 11.0. The van der Waals surface area contributed by atoms with Crippen LogP contribution in [0, 0.1) is 6.92 Å². The minimum Gasteiger partial charge on any atom is -0.345 e. The van der Waals surface area contributed by atoms with Crippen molar-refractivity contribution in [2.24, 2.45) is 0 Å². The van der Waals surface area contributed by atoms with Crippen LogP contribution in [-0.2, 0) is 9.47 Å². The third-order valence-corrected chi connectivity index (χ3v) is 3.89. The molecule has 1 saturated heterocycles. The van der Waals surface area contributed by atoms with E-state index in [1.165, 1.54) is 20.7 Å². The summed E-state index contributed by atoms with van der Waals surface area (Å²) in [7, 11) is 4.29. The van der Waals surface area contributed by atoms with Gasteiger partial charge < -0.3 is 9.47 Å². The summed E-state index contributed by atoms with van der Waals surface area (Å²) in [5.41, 5.74) is 2.70. The molecule has 0 N–H and O–H groups in total. The minimum atomic E-state index is -0.0996. The lowest BCUT2D eigenvalue weighted by molar-refractivity contribution is -0.0406. The molecule has 68 valence electrons. The van der Waals surface area contributed by atoms with Crippen LogP contribution < -0.4 is 10.9 Å². The van der Waals surface area contributed by atoms with Crippen LogP contribution in [0.15, 0.2) is 0 Å². The number of hydrogen-bond acceptors (Lipinski definition) is 3. The second kappa shape index (κ2) is 3.48. The molecule has 0 atom stereocenters. The first-order chi connectivity index (χ1) is 6.20. The van der Waals surface area contributed by atoms with E-state index in [0.29, 0.717) is 0 Å². The van der Waals surface area contributed by atoms with E-state index in [2.05, 4.69) is 22.6 Å². The Morgan fingerprint density at radius 1 is 1.23 bits per heavy atom. The minimum absolute atomic E-state index is 0.0996. The topological polar surface area (TPSA) is 18.5 Å². The Kier molecular flexibility index (Phi) is 2.49. The summed E-state index contributed by atoms with van der Waals surface area (Å²) in [6, 6.07) is 0. The van der Waals surface area contributed by atoms with Gasteiger partial charge in [0.15, 0.2) is 6.29 Å². The highest BCUT2D eigenvalue weighted by molar-refractivity contribution is 7.14. The van der Waals surface area contributed by atoms with Crippen molar-refractivity contribution in [1.29, 1.82) is 0 Å². The molecule has 0 aliphatic carbocycles. The standard InChI is InChI=1S/C8H12B2O2S/c1-4-5(9)6(10)7(13-4)8-11-2-3-12-8/h8H,2-3,9-10H2,1H3. The lowest BCUT2D eigenvalue weighted by Crippen LogP contribution is -2.26. The summed E-state index contributed by atoms with van der Waals surface area (Å²) in [6.45, 7) is 3.59. The summed E-state index contributed by atoms with van der Waals surface area (Å²) in [6.07, 6.45) is -0.0996. The van der Waals surface area contributed by atoms with Gasteiger partial charge in [-0.05, 0) is 11.8 Å². The molecule has 0 spiro atoms. The van der Waals surface area contributed by atoms with Gasteiger partial charge in [0.1, 0.15) is 15.7 Å². The largest absolute Gasteiger partial charge is 0.345 e. The summed E-state index contributed by atoms with van der Waals surface area (Å²) in [4.78, 5) is 2.61. The van der Waals surface area contributed by atoms with Crippen LogP contribution in [0.1, 0.15) is 16.0 Å². The fraction of sp³-hybridized carbons (Fsp3) is 0.500. The monoisotopic (exact) mass is 194 g/mol. The highest BCUT2D eigenvalue weighted by Crippen LogP contribution is 2.26. The maximum Gasteiger partial charge on any atom is 0.192 e. The quantitative estimate of drug-likeness (QED) is 0.513. The van der Waals surface area contributed by atoms with E-state index in [1.54, 1.807) is 11.3 Å². The Labute approximate surface area is 84.1 Å². The van der Waals surface area contributed by atoms with Crippen molar-refractivity contribution in [3.8, 4) is 0 Å². The van der Waals surface area contributed by atoms with Crippen LogP contribution >= 0.6 is 11.3 Å². The van der Waals surface area contributed by atoms with Gasteiger partial charge in [0.2, 0.25) is 0 Å². The molecule has 1 fully saturated rings. The Morgan fingerprint density at radius 3 is 2.31 bits per heavy atom. The average Bonchev–Trinajstić information content (AvgIpc) is 2.70. The molecule has 1 aromatic rings. The van der Waals surface area contributed by atoms with Crippen LogP contribution in [0.25, 0.3) is 0 Å². The average molecular weight is 194 g/mol. The van der Waals surface area contributed by atoms with Crippen molar-refractivity contribution in [1.82, 2.24) is 0 Å². The van der Waals surface area contributed by atoms with Crippen LogP contribution in [0.3, 0.4) is 0 Å². The summed E-state index contributed by atoms with van der Waals surface area (Å²) in [5.74, 6) is 0. The van der Waals surface area contributed by atoms with Crippen molar-refractivity contribution in [3.63, 3.8) is 0 Å². The van der Waals surface area contributed by atoms with Crippen molar-refractivity contribution in [3.05, 3.63) is 9.75 Å². The van der Waals surface area contributed by atoms with Gasteiger partial charge in [-0.25, -0.2) is 0 Å². The van der Waals surface area contributed by atoms with Gasteiger partial charge in [-0.2, -0.15) is 0 Å². The molecule has 0 bridgehead atoms. The smallest absolute Gasteiger partial charge is 0.192 e. The van der Waals surface area contributed by atoms with Crippen LogP contribution in [0.4, 0.5) is 0 Å². The molecule has 0 saturated carbocycles. The first-order valence-electron chi connectivity index (χ1n) is 4.50. The fourth-order valence-electron chi connectivity index (χ4n) is 1.50. The molecule has 1 aromatic heterocycles. The zero-order valence-electron chi connectivity index (χ0n) is 8.22. The Hall–Kier alpha value is -0.250. The van der Waals surface area contributed by atoms with E-state index >= 15 is 0 Å². The lowest BCUT2D eigenvalue weighted by atomic mass is 9.81. The molecular formula is C8H12B2O2S. The van der Waals surface area contributed by atoms with Gasteiger partial charge in [-0.3, -0.25) is 0 Å². The van der Waals surface area contributed by atoms with Gasteiger partial charge in [-0.1, -0.05) is 10.9 Å². The third kappa shape index (κ3) is 1.56. The molecule has 2 nitrogen and oxygen atoms in total. The summed E-state index contributed by atoms with van der Waals surface area (Å²) >= 11 is 1.79. The molecular weight excluding hydrogens is 182 g/mol. The Morgan fingerprint density at radius 2 is 1.85 bits per heavy atom. The second-order valence-corrected chi connectivity index (χ2v) is 4.60. The summed E-state index contributed by atoms with van der Waals surface area (Å²) in [5, 5.41) is 0. The number of thiophene rings is 1. The third-order valence-electron chi connectivity index (χ3n) is 2.56. The second-order valence-electron chi connectivity index (χ2n) is 3.35. The molecule has 5 heteroatoms. The van der Waals surface area contributed by atoms with E-state index in [0.717, 1.165) is 13.2 Å². The first-order valence-corrected chi connectivity index (χ1v) is 5.31. The van der Waals surface area contributed by atoms with E-state index in [-0.39, 0.29) is 6.29 Å². The maximum atomic E-state index is 5.48. The number of rotatable bonds is 1. The maximum absolute atomic E-state index is 5.48. The molecule has 13 heavy (non-hydrogen) atoms. The van der Waals surface area contributed by atoms with Gasteiger partial charge in [0.05, 0.1) is 18.1 Å². The molecule has 1 aliphatic rings. The Balaban J connectivity index is 2.34. The zero-order valence-corrected chi connectivity index (χ0v) is 9.03. The van der Waals surface area contributed by atoms with E-state index < -0.39 is 0 Å². The van der Waals surface area contributed by atoms with Gasteiger partial charge in [0, 0.05) is 0 Å². The molecule has 2 heterocycles. The van der Waals surface area contributed by atoms with Crippen molar-refractivity contribution in [2.45, 2.75) is 13.2 Å². The predicted octanol–water partition coefficient (Wildman–Crippen LogP) is -1.38. The van der Waals surface area contributed by atoms with E-state index in [9.17, 15) is 0 Å². The SMILES string of the molecule is Bc1c(C)sc(C2OCCO2)c1B. The van der Waals surface area contributed by atoms with Crippen molar-refractivity contribution < 1.29 is 9.47 Å². The van der Waals surface area contributed by atoms with Crippen molar-refractivity contribution in [2.75, 3.05) is 13.2 Å². The van der Waals surface area contributed by atoms with E-state index in [1.807, 2.05) is 0 Å². The van der Waals surface area contributed by atoms with Gasteiger partial charge in [-0.15, -0.1) is 11.3 Å². The Bertz CT molecular complexity index is 318. The molecule has 1 aliphatic heterocycles.